The summed E-state index contributed by atoms with van der Waals surface area (Å²) < 4.78 is 27.0. The summed E-state index contributed by atoms with van der Waals surface area (Å²) in [5.74, 6) is -2.33. The second-order valence-electron chi connectivity index (χ2n) is 7.63. The van der Waals surface area contributed by atoms with E-state index >= 15 is 0 Å². The number of aliphatic hydroxyl groups is 1. The second-order valence-corrected chi connectivity index (χ2v) is 7.63. The Morgan fingerprint density at radius 3 is 2.62 bits per heavy atom. The third kappa shape index (κ3) is 4.23. The summed E-state index contributed by atoms with van der Waals surface area (Å²) in [6, 6.07) is 9.27. The number of nitrogens with zero attached hydrogens (tertiary/aromatic N) is 2. The van der Waals surface area contributed by atoms with Gasteiger partial charge in [0.15, 0.2) is 0 Å². The minimum Gasteiger partial charge on any atom is -0.394 e. The molecule has 0 unspecified atom stereocenters. The zero-order valence-electron chi connectivity index (χ0n) is 15.3. The highest BCUT2D eigenvalue weighted by atomic mass is 19.3. The summed E-state index contributed by atoms with van der Waals surface area (Å²) in [4.78, 5) is 16.4. The number of carbonyl (C=O) groups is 1. The van der Waals surface area contributed by atoms with E-state index in [-0.39, 0.29) is 43.4 Å². The van der Waals surface area contributed by atoms with Crippen LogP contribution < -0.4 is 0 Å². The van der Waals surface area contributed by atoms with Crippen molar-refractivity contribution in [2.75, 3.05) is 32.8 Å². The van der Waals surface area contributed by atoms with Crippen LogP contribution in [0, 0.1) is 11.8 Å². The van der Waals surface area contributed by atoms with Gasteiger partial charge >= 0.3 is 0 Å². The highest BCUT2D eigenvalue weighted by Gasteiger charge is 2.45. The number of benzene rings is 1. The number of likely N-dealkylation sites (tertiary alicyclic amines) is 2. The van der Waals surface area contributed by atoms with E-state index in [1.54, 1.807) is 9.80 Å². The summed E-state index contributed by atoms with van der Waals surface area (Å²) in [6.45, 7) is 3.24. The summed E-state index contributed by atoms with van der Waals surface area (Å²) in [5.41, 5.74) is 0.949. The molecule has 4 nitrogen and oxygen atoms in total. The van der Waals surface area contributed by atoms with Crippen LogP contribution in [0.1, 0.15) is 25.3 Å². The van der Waals surface area contributed by atoms with Crippen LogP contribution in [0.15, 0.2) is 30.3 Å². The van der Waals surface area contributed by atoms with E-state index in [4.69, 9.17) is 0 Å². The number of hydrogen-bond acceptors (Lipinski definition) is 3. The Balaban J connectivity index is 1.69. The van der Waals surface area contributed by atoms with Crippen molar-refractivity contribution in [3.8, 4) is 0 Å². The zero-order chi connectivity index (χ0) is 18.7. The quantitative estimate of drug-likeness (QED) is 0.841. The molecule has 2 aliphatic rings. The van der Waals surface area contributed by atoms with Gasteiger partial charge in [0, 0.05) is 26.1 Å². The van der Waals surface area contributed by atoms with Crippen LogP contribution in [0.5, 0.6) is 0 Å². The van der Waals surface area contributed by atoms with Crippen LogP contribution in [0.25, 0.3) is 0 Å². The van der Waals surface area contributed by atoms with Crippen molar-refractivity contribution >= 4 is 5.91 Å². The van der Waals surface area contributed by atoms with Gasteiger partial charge in [0.2, 0.25) is 5.91 Å². The topological polar surface area (TPSA) is 43.8 Å². The predicted molar refractivity (Wildman–Crippen MR) is 96.0 cm³/mol. The van der Waals surface area contributed by atoms with Gasteiger partial charge in [-0.05, 0) is 17.4 Å². The van der Waals surface area contributed by atoms with Gasteiger partial charge in [-0.1, -0.05) is 43.7 Å². The lowest BCUT2D eigenvalue weighted by molar-refractivity contribution is -0.132. The van der Waals surface area contributed by atoms with Crippen molar-refractivity contribution in [1.29, 1.82) is 0 Å². The first-order valence-electron chi connectivity index (χ1n) is 9.48. The van der Waals surface area contributed by atoms with E-state index in [0.717, 1.165) is 12.0 Å². The minimum atomic E-state index is -2.61. The maximum absolute atomic E-state index is 13.5. The van der Waals surface area contributed by atoms with Crippen molar-refractivity contribution in [3.05, 3.63) is 35.9 Å². The van der Waals surface area contributed by atoms with Gasteiger partial charge in [0.1, 0.15) is 0 Å². The minimum absolute atomic E-state index is 0.00273. The van der Waals surface area contributed by atoms with Gasteiger partial charge in [-0.25, -0.2) is 8.78 Å². The highest BCUT2D eigenvalue weighted by Crippen LogP contribution is 2.35. The van der Waals surface area contributed by atoms with E-state index in [0.29, 0.717) is 26.1 Å². The third-order valence-corrected chi connectivity index (χ3v) is 5.88. The normalized spacial score (nSPS) is 28.6. The molecule has 6 heteroatoms. The number of alkyl halides is 2. The molecule has 1 aromatic rings. The Kier molecular flexibility index (Phi) is 5.92. The lowest BCUT2D eigenvalue weighted by Crippen LogP contribution is -2.44. The fourth-order valence-corrected chi connectivity index (χ4v) is 4.43. The van der Waals surface area contributed by atoms with Crippen LogP contribution in [0.2, 0.25) is 0 Å². The second kappa shape index (κ2) is 8.01. The average molecular weight is 366 g/mol. The van der Waals surface area contributed by atoms with Gasteiger partial charge < -0.3 is 10.0 Å². The van der Waals surface area contributed by atoms with E-state index in [9.17, 15) is 18.7 Å². The van der Waals surface area contributed by atoms with Crippen molar-refractivity contribution in [2.45, 2.75) is 38.2 Å². The Hall–Kier alpha value is -1.53. The first-order chi connectivity index (χ1) is 12.4. The van der Waals surface area contributed by atoms with E-state index < -0.39 is 5.92 Å². The molecule has 2 heterocycles. The largest absolute Gasteiger partial charge is 0.394 e. The molecule has 1 aromatic carbocycles. The Morgan fingerprint density at radius 1 is 1.31 bits per heavy atom. The molecule has 0 spiro atoms. The highest BCUT2D eigenvalue weighted by molar-refractivity contribution is 5.79. The standard InChI is InChI=1S/C20H28F2N2O2/c1-2-16-11-24(19(26)10-15-6-4-3-5-7-15)18(13-25)17(16)12-23-9-8-20(21,22)14-23/h3-7,16-18,25H,2,8-14H2,1H3/t16-,17-,18-/m1/s1. The molecule has 26 heavy (non-hydrogen) atoms. The van der Waals surface area contributed by atoms with E-state index in [1.165, 1.54) is 0 Å². The van der Waals surface area contributed by atoms with Crippen molar-refractivity contribution < 1.29 is 18.7 Å². The van der Waals surface area contributed by atoms with Crippen molar-refractivity contribution in [3.63, 3.8) is 0 Å². The third-order valence-electron chi connectivity index (χ3n) is 5.88. The monoisotopic (exact) mass is 366 g/mol. The molecule has 0 aromatic heterocycles. The number of hydrogen-bond donors (Lipinski definition) is 1. The van der Waals surface area contributed by atoms with Gasteiger partial charge in [-0.3, -0.25) is 9.69 Å². The van der Waals surface area contributed by atoms with E-state index in [1.807, 2.05) is 30.3 Å². The molecule has 3 rings (SSSR count). The molecule has 3 atom stereocenters. The number of amides is 1. The summed E-state index contributed by atoms with van der Waals surface area (Å²) in [6.07, 6.45) is 1.08. The van der Waals surface area contributed by atoms with Crippen LogP contribution in [0.4, 0.5) is 8.78 Å². The summed E-state index contributed by atoms with van der Waals surface area (Å²) in [5, 5.41) is 9.95. The van der Waals surface area contributed by atoms with Gasteiger partial charge in [-0.2, -0.15) is 0 Å². The molecule has 0 bridgehead atoms. The summed E-state index contributed by atoms with van der Waals surface area (Å²) >= 11 is 0. The average Bonchev–Trinajstić information content (AvgIpc) is 3.15. The van der Waals surface area contributed by atoms with Crippen LogP contribution in [0.3, 0.4) is 0 Å². The smallest absolute Gasteiger partial charge is 0.261 e. The molecular formula is C20H28F2N2O2. The Bertz CT molecular complexity index is 611. The summed E-state index contributed by atoms with van der Waals surface area (Å²) in [7, 11) is 0. The molecule has 2 fully saturated rings. The van der Waals surface area contributed by atoms with Crippen molar-refractivity contribution in [2.24, 2.45) is 11.8 Å². The van der Waals surface area contributed by atoms with Crippen LogP contribution >= 0.6 is 0 Å². The fourth-order valence-electron chi connectivity index (χ4n) is 4.43. The molecular weight excluding hydrogens is 338 g/mol. The maximum Gasteiger partial charge on any atom is 0.261 e. The number of rotatable bonds is 6. The zero-order valence-corrected chi connectivity index (χ0v) is 15.3. The van der Waals surface area contributed by atoms with Crippen LogP contribution in [-0.4, -0.2) is 65.6 Å². The number of halogens is 2. The molecule has 2 saturated heterocycles. The SMILES string of the molecule is CC[C@@H]1CN(C(=O)Cc2ccccc2)[C@H](CO)[C@@H]1CN1CCC(F)(F)C1. The van der Waals surface area contributed by atoms with Gasteiger partial charge in [0.05, 0.1) is 25.6 Å². The molecule has 144 valence electrons. The molecule has 2 aliphatic heterocycles. The van der Waals surface area contributed by atoms with E-state index in [2.05, 4.69) is 6.92 Å². The Labute approximate surface area is 153 Å². The van der Waals surface area contributed by atoms with Crippen molar-refractivity contribution in [1.82, 2.24) is 9.80 Å². The first kappa shape index (κ1) is 19.2. The van der Waals surface area contributed by atoms with Gasteiger partial charge in [0.25, 0.3) is 5.92 Å². The van der Waals surface area contributed by atoms with Gasteiger partial charge in [-0.15, -0.1) is 0 Å². The maximum atomic E-state index is 13.5. The number of aliphatic hydroxyl groups excluding tert-OH is 1. The Morgan fingerprint density at radius 2 is 2.04 bits per heavy atom. The lowest BCUT2D eigenvalue weighted by Gasteiger charge is -2.30. The molecule has 0 aliphatic carbocycles. The molecule has 0 radical (unpaired) electrons. The molecule has 0 saturated carbocycles. The molecule has 1 amide bonds. The number of carbonyl (C=O) groups excluding carboxylic acids is 1. The fraction of sp³-hybridized carbons (Fsp3) is 0.650. The molecule has 1 N–H and O–H groups in total. The van der Waals surface area contributed by atoms with Crippen LogP contribution in [-0.2, 0) is 11.2 Å². The first-order valence-corrected chi connectivity index (χ1v) is 9.48. The predicted octanol–water partition coefficient (Wildman–Crippen LogP) is 2.42. The lowest BCUT2D eigenvalue weighted by atomic mass is 9.88.